The second-order valence-electron chi connectivity index (χ2n) is 6.44. The topological polar surface area (TPSA) is 29.1 Å². The summed E-state index contributed by atoms with van der Waals surface area (Å²) in [7, 11) is 0. The number of nitrogens with one attached hydrogen (secondary N) is 1. The third-order valence-corrected chi connectivity index (χ3v) is 6.55. The zero-order valence-corrected chi connectivity index (χ0v) is 14.8. The average Bonchev–Trinajstić information content (AvgIpc) is 3.09. The predicted octanol–water partition coefficient (Wildman–Crippen LogP) is 4.48. The first-order valence-electron chi connectivity index (χ1n) is 7.79. The van der Waals surface area contributed by atoms with Crippen molar-refractivity contribution in [2.75, 3.05) is 5.75 Å². The van der Waals surface area contributed by atoms with Crippen LogP contribution in [0.25, 0.3) is 0 Å². The maximum Gasteiger partial charge on any atom is 0.230 e. The molecule has 1 amide bonds. The van der Waals surface area contributed by atoms with Crippen LogP contribution in [-0.4, -0.2) is 17.7 Å². The van der Waals surface area contributed by atoms with E-state index in [1.54, 1.807) is 11.8 Å². The summed E-state index contributed by atoms with van der Waals surface area (Å²) in [6.07, 6.45) is 5.52. The third-order valence-electron chi connectivity index (χ3n) is 5.01. The maximum absolute atomic E-state index is 12.1. The fraction of sp³-hybridized carbons (Fsp3) is 0.588. The molecule has 0 radical (unpaired) electrons. The number of hydrogen-bond acceptors (Lipinski definition) is 2. The van der Waals surface area contributed by atoms with Gasteiger partial charge in [-0.3, -0.25) is 4.79 Å². The Morgan fingerprint density at radius 3 is 2.71 bits per heavy atom. The summed E-state index contributed by atoms with van der Waals surface area (Å²) in [5.41, 5.74) is 0. The van der Waals surface area contributed by atoms with Crippen LogP contribution < -0.4 is 5.32 Å². The van der Waals surface area contributed by atoms with Gasteiger partial charge in [-0.15, -0.1) is 11.8 Å². The number of carbonyl (C=O) groups excluding carboxylic acids is 1. The van der Waals surface area contributed by atoms with Gasteiger partial charge in [0.2, 0.25) is 5.91 Å². The van der Waals surface area contributed by atoms with Crippen LogP contribution in [0.1, 0.15) is 32.6 Å². The highest BCUT2D eigenvalue weighted by Gasteiger charge is 2.42. The van der Waals surface area contributed by atoms with E-state index >= 15 is 0 Å². The first-order valence-corrected chi connectivity index (χ1v) is 9.57. The quantitative estimate of drug-likeness (QED) is 0.777. The van der Waals surface area contributed by atoms with Crippen molar-refractivity contribution in [2.24, 2.45) is 17.8 Å². The number of amides is 1. The summed E-state index contributed by atoms with van der Waals surface area (Å²) in [4.78, 5) is 13.3. The fourth-order valence-corrected chi connectivity index (χ4v) is 4.96. The molecule has 1 aromatic carbocycles. The van der Waals surface area contributed by atoms with Crippen LogP contribution in [0.15, 0.2) is 33.6 Å². The summed E-state index contributed by atoms with van der Waals surface area (Å²) in [6, 6.07) is 8.44. The highest BCUT2D eigenvalue weighted by molar-refractivity contribution is 9.10. The minimum Gasteiger partial charge on any atom is -0.353 e. The zero-order valence-electron chi connectivity index (χ0n) is 12.3. The van der Waals surface area contributed by atoms with Gasteiger partial charge in [-0.05, 0) is 68.2 Å². The smallest absolute Gasteiger partial charge is 0.230 e. The van der Waals surface area contributed by atoms with Crippen LogP contribution in [0.4, 0.5) is 0 Å². The highest BCUT2D eigenvalue weighted by atomic mass is 79.9. The van der Waals surface area contributed by atoms with E-state index in [0.29, 0.717) is 17.7 Å². The number of hydrogen-bond donors (Lipinski definition) is 1. The zero-order chi connectivity index (χ0) is 14.8. The number of benzene rings is 1. The Labute approximate surface area is 139 Å². The first kappa shape index (κ1) is 15.4. The second kappa shape index (κ2) is 6.74. The molecule has 4 heteroatoms. The second-order valence-corrected chi connectivity index (χ2v) is 8.40. The van der Waals surface area contributed by atoms with Gasteiger partial charge in [0, 0.05) is 15.4 Å². The van der Waals surface area contributed by atoms with E-state index in [4.69, 9.17) is 0 Å². The molecule has 3 rings (SSSR count). The van der Waals surface area contributed by atoms with Gasteiger partial charge in [0.25, 0.3) is 0 Å². The lowest BCUT2D eigenvalue weighted by molar-refractivity contribution is -0.119. The van der Waals surface area contributed by atoms with Crippen molar-refractivity contribution in [3.8, 4) is 0 Å². The molecule has 2 nitrogen and oxygen atoms in total. The van der Waals surface area contributed by atoms with Crippen molar-refractivity contribution in [1.82, 2.24) is 5.32 Å². The minimum absolute atomic E-state index is 0.165. The molecule has 2 bridgehead atoms. The van der Waals surface area contributed by atoms with Gasteiger partial charge in [0.05, 0.1) is 5.75 Å². The molecule has 1 aromatic rings. The molecule has 0 unspecified atom stereocenters. The molecule has 0 heterocycles. The fourth-order valence-electron chi connectivity index (χ4n) is 3.99. The standard InChI is InChI=1S/C17H22BrNOS/c1-11(16-9-12-2-3-13(16)8-12)19-17(20)10-21-15-6-4-14(18)5-7-15/h4-7,11-13,16H,2-3,8-10H2,1H3,(H,19,20)/t11-,12+,13-,16-/m1/s1. The molecule has 4 atom stereocenters. The lowest BCUT2D eigenvalue weighted by Gasteiger charge is -2.28. The van der Waals surface area contributed by atoms with Crippen LogP contribution in [0.2, 0.25) is 0 Å². The van der Waals surface area contributed by atoms with Crippen molar-refractivity contribution >= 4 is 33.6 Å². The molecular formula is C17H22BrNOS. The Morgan fingerprint density at radius 2 is 2.10 bits per heavy atom. The predicted molar refractivity (Wildman–Crippen MR) is 91.4 cm³/mol. The summed E-state index contributed by atoms with van der Waals surface area (Å²) in [5.74, 6) is 3.19. The van der Waals surface area contributed by atoms with E-state index in [2.05, 4.69) is 28.2 Å². The van der Waals surface area contributed by atoms with Crippen molar-refractivity contribution in [3.05, 3.63) is 28.7 Å². The molecule has 0 aliphatic heterocycles. The molecule has 2 aliphatic rings. The summed E-state index contributed by atoms with van der Waals surface area (Å²) >= 11 is 5.03. The molecule has 0 saturated heterocycles. The largest absolute Gasteiger partial charge is 0.353 e. The SMILES string of the molecule is C[C@@H](NC(=O)CSc1ccc(Br)cc1)[C@H]1C[C@H]2CC[C@@H]1C2. The Hall–Kier alpha value is -0.480. The number of carbonyl (C=O) groups is 1. The van der Waals surface area contributed by atoms with E-state index in [1.165, 1.54) is 25.7 Å². The number of thioether (sulfide) groups is 1. The lowest BCUT2D eigenvalue weighted by atomic mass is 9.84. The first-order chi connectivity index (χ1) is 10.1. The molecule has 2 fully saturated rings. The van der Waals surface area contributed by atoms with Gasteiger partial charge in [-0.2, -0.15) is 0 Å². The average molecular weight is 368 g/mol. The van der Waals surface area contributed by atoms with Crippen LogP contribution in [0.3, 0.4) is 0 Å². The Morgan fingerprint density at radius 1 is 1.33 bits per heavy atom. The maximum atomic E-state index is 12.1. The Bertz CT molecular complexity index is 504. The molecule has 2 saturated carbocycles. The number of rotatable bonds is 5. The van der Waals surface area contributed by atoms with Crippen molar-refractivity contribution in [3.63, 3.8) is 0 Å². The molecule has 21 heavy (non-hydrogen) atoms. The van der Waals surface area contributed by atoms with E-state index in [9.17, 15) is 4.79 Å². The lowest BCUT2D eigenvalue weighted by Crippen LogP contribution is -2.40. The van der Waals surface area contributed by atoms with E-state index in [-0.39, 0.29) is 5.91 Å². The summed E-state index contributed by atoms with van der Waals surface area (Å²) < 4.78 is 1.07. The van der Waals surface area contributed by atoms with Crippen molar-refractivity contribution in [1.29, 1.82) is 0 Å². The number of fused-ring (bicyclic) bond motifs is 2. The summed E-state index contributed by atoms with van der Waals surface area (Å²) in [5, 5.41) is 3.22. The molecule has 1 N–H and O–H groups in total. The molecule has 0 spiro atoms. The normalized spacial score (nSPS) is 28.6. The van der Waals surface area contributed by atoms with E-state index < -0.39 is 0 Å². The Balaban J connectivity index is 1.44. The van der Waals surface area contributed by atoms with Crippen LogP contribution in [0.5, 0.6) is 0 Å². The number of halogens is 1. The van der Waals surface area contributed by atoms with Crippen molar-refractivity contribution in [2.45, 2.75) is 43.5 Å². The monoisotopic (exact) mass is 367 g/mol. The van der Waals surface area contributed by atoms with Crippen molar-refractivity contribution < 1.29 is 4.79 Å². The molecule has 114 valence electrons. The summed E-state index contributed by atoms with van der Waals surface area (Å²) in [6.45, 7) is 2.19. The van der Waals surface area contributed by atoms with Crippen LogP contribution >= 0.6 is 27.7 Å². The van der Waals surface area contributed by atoms with E-state index in [1.807, 2.05) is 24.3 Å². The Kier molecular flexibility index (Phi) is 4.95. The van der Waals surface area contributed by atoms with E-state index in [0.717, 1.165) is 21.2 Å². The van der Waals surface area contributed by atoms with Gasteiger partial charge in [-0.1, -0.05) is 22.4 Å². The van der Waals surface area contributed by atoms with Gasteiger partial charge in [-0.25, -0.2) is 0 Å². The van der Waals surface area contributed by atoms with Gasteiger partial charge in [0.1, 0.15) is 0 Å². The van der Waals surface area contributed by atoms with Crippen LogP contribution in [0, 0.1) is 17.8 Å². The molecule has 0 aromatic heterocycles. The van der Waals surface area contributed by atoms with Gasteiger partial charge < -0.3 is 5.32 Å². The molecule has 2 aliphatic carbocycles. The molecular weight excluding hydrogens is 346 g/mol. The highest BCUT2D eigenvalue weighted by Crippen LogP contribution is 2.49. The minimum atomic E-state index is 0.165. The van der Waals surface area contributed by atoms with Gasteiger partial charge >= 0.3 is 0 Å². The van der Waals surface area contributed by atoms with Gasteiger partial charge in [0.15, 0.2) is 0 Å². The third kappa shape index (κ3) is 3.84. The van der Waals surface area contributed by atoms with Crippen LogP contribution in [-0.2, 0) is 4.79 Å².